The van der Waals surface area contributed by atoms with E-state index >= 15 is 0 Å². The Kier molecular flexibility index (Phi) is 6.29. The van der Waals surface area contributed by atoms with Gasteiger partial charge in [-0.3, -0.25) is 0 Å². The first-order valence-corrected chi connectivity index (χ1v) is 9.32. The van der Waals surface area contributed by atoms with Gasteiger partial charge in [0, 0.05) is 13.1 Å². The number of nitrogens with one attached hydrogen (secondary N) is 1. The molecule has 2 aromatic rings. The molecular weight excluding hydrogens is 312 g/mol. The first-order valence-electron chi connectivity index (χ1n) is 9.32. The SMILES string of the molecule is COc1ccc2cc(CNCC3CCN(C[C@H](C)O)CC3)ccc2c1. The minimum atomic E-state index is -0.220. The maximum Gasteiger partial charge on any atom is 0.119 e. The Hall–Kier alpha value is -1.62. The van der Waals surface area contributed by atoms with Crippen LogP contribution in [0, 0.1) is 5.92 Å². The number of nitrogens with zero attached hydrogens (tertiary/aromatic N) is 1. The van der Waals surface area contributed by atoms with Crippen LogP contribution in [0.4, 0.5) is 0 Å². The van der Waals surface area contributed by atoms with Gasteiger partial charge in [-0.1, -0.05) is 18.2 Å². The van der Waals surface area contributed by atoms with Crippen molar-refractivity contribution in [2.45, 2.75) is 32.4 Å². The molecule has 1 aliphatic heterocycles. The van der Waals surface area contributed by atoms with Gasteiger partial charge in [0.05, 0.1) is 13.2 Å². The Labute approximate surface area is 150 Å². The molecule has 1 heterocycles. The lowest BCUT2D eigenvalue weighted by atomic mass is 9.96. The van der Waals surface area contributed by atoms with Crippen LogP contribution in [0.15, 0.2) is 36.4 Å². The van der Waals surface area contributed by atoms with Crippen LogP contribution >= 0.6 is 0 Å². The number of rotatable bonds is 7. The molecule has 1 aliphatic rings. The van der Waals surface area contributed by atoms with Crippen molar-refractivity contribution in [3.8, 4) is 5.75 Å². The van der Waals surface area contributed by atoms with E-state index in [0.29, 0.717) is 0 Å². The molecule has 25 heavy (non-hydrogen) atoms. The standard InChI is InChI=1S/C21H30N2O2/c1-16(24)15-23-9-7-17(8-10-23)13-22-14-18-3-4-20-12-21(25-2)6-5-19(20)11-18/h3-6,11-12,16-17,22,24H,7-10,13-15H2,1-2H3/t16-/m0/s1. The normalized spacial score (nSPS) is 17.7. The summed E-state index contributed by atoms with van der Waals surface area (Å²) in [6.07, 6.45) is 2.22. The van der Waals surface area contributed by atoms with Gasteiger partial charge in [-0.25, -0.2) is 0 Å². The van der Waals surface area contributed by atoms with E-state index < -0.39 is 0 Å². The van der Waals surface area contributed by atoms with Crippen LogP contribution in [0.1, 0.15) is 25.3 Å². The summed E-state index contributed by atoms with van der Waals surface area (Å²) in [5, 5.41) is 15.6. The van der Waals surface area contributed by atoms with E-state index in [4.69, 9.17) is 4.74 Å². The largest absolute Gasteiger partial charge is 0.497 e. The van der Waals surface area contributed by atoms with Crippen molar-refractivity contribution in [1.82, 2.24) is 10.2 Å². The number of β-amino-alcohol motifs (C(OH)–C–C–N with tert-alkyl or cyclic N) is 1. The molecule has 0 aromatic heterocycles. The minimum Gasteiger partial charge on any atom is -0.497 e. The fourth-order valence-electron chi connectivity index (χ4n) is 3.68. The highest BCUT2D eigenvalue weighted by Gasteiger charge is 2.19. The van der Waals surface area contributed by atoms with E-state index in [0.717, 1.165) is 44.4 Å². The second-order valence-electron chi connectivity index (χ2n) is 7.27. The number of aliphatic hydroxyl groups is 1. The Morgan fingerprint density at radius 2 is 1.88 bits per heavy atom. The number of fused-ring (bicyclic) bond motifs is 1. The quantitative estimate of drug-likeness (QED) is 0.812. The van der Waals surface area contributed by atoms with Crippen LogP contribution in [0.3, 0.4) is 0 Å². The third-order valence-corrected chi connectivity index (χ3v) is 5.10. The highest BCUT2D eigenvalue weighted by molar-refractivity contribution is 5.84. The Bertz CT molecular complexity index is 679. The molecule has 136 valence electrons. The third kappa shape index (κ3) is 5.18. The van der Waals surface area contributed by atoms with Crippen molar-refractivity contribution < 1.29 is 9.84 Å². The topological polar surface area (TPSA) is 44.7 Å². The van der Waals surface area contributed by atoms with E-state index in [1.807, 2.05) is 13.0 Å². The maximum absolute atomic E-state index is 9.48. The van der Waals surface area contributed by atoms with Crippen molar-refractivity contribution in [3.63, 3.8) is 0 Å². The molecule has 0 amide bonds. The summed E-state index contributed by atoms with van der Waals surface area (Å²) in [7, 11) is 1.70. The predicted octanol–water partition coefficient (Wildman–Crippen LogP) is 3.03. The molecule has 2 aromatic carbocycles. The monoisotopic (exact) mass is 342 g/mol. The second kappa shape index (κ2) is 8.65. The number of methoxy groups -OCH3 is 1. The molecule has 1 atom stereocenters. The number of benzene rings is 2. The molecule has 0 aliphatic carbocycles. The molecule has 1 fully saturated rings. The average molecular weight is 342 g/mol. The van der Waals surface area contributed by atoms with E-state index in [-0.39, 0.29) is 6.10 Å². The van der Waals surface area contributed by atoms with E-state index in [1.165, 1.54) is 29.2 Å². The zero-order valence-electron chi connectivity index (χ0n) is 15.4. The molecule has 1 saturated heterocycles. The van der Waals surface area contributed by atoms with Crippen molar-refractivity contribution in [1.29, 1.82) is 0 Å². The van der Waals surface area contributed by atoms with Crippen LogP contribution in [0.2, 0.25) is 0 Å². The number of piperidine rings is 1. The van der Waals surface area contributed by atoms with E-state index in [9.17, 15) is 5.11 Å². The van der Waals surface area contributed by atoms with Crippen LogP contribution in [-0.4, -0.2) is 49.4 Å². The smallest absolute Gasteiger partial charge is 0.119 e. The summed E-state index contributed by atoms with van der Waals surface area (Å²) < 4.78 is 5.28. The molecule has 2 N–H and O–H groups in total. The highest BCUT2D eigenvalue weighted by Crippen LogP contribution is 2.22. The molecule has 0 saturated carbocycles. The highest BCUT2D eigenvalue weighted by atomic mass is 16.5. The zero-order chi connectivity index (χ0) is 17.6. The summed E-state index contributed by atoms with van der Waals surface area (Å²) in [5.41, 5.74) is 1.32. The van der Waals surface area contributed by atoms with Crippen molar-refractivity contribution >= 4 is 10.8 Å². The number of aliphatic hydroxyl groups excluding tert-OH is 1. The summed E-state index contributed by atoms with van der Waals surface area (Å²) in [6.45, 7) is 6.87. The van der Waals surface area contributed by atoms with Crippen LogP contribution in [0.5, 0.6) is 5.75 Å². The number of ether oxygens (including phenoxy) is 1. The summed E-state index contributed by atoms with van der Waals surface area (Å²) in [5.74, 6) is 1.65. The molecule has 0 radical (unpaired) electrons. The summed E-state index contributed by atoms with van der Waals surface area (Å²) >= 11 is 0. The maximum atomic E-state index is 9.48. The van der Waals surface area contributed by atoms with Gasteiger partial charge in [-0.15, -0.1) is 0 Å². The summed E-state index contributed by atoms with van der Waals surface area (Å²) in [6, 6.07) is 12.8. The van der Waals surface area contributed by atoms with Gasteiger partial charge in [0.1, 0.15) is 5.75 Å². The molecule has 0 unspecified atom stereocenters. The number of likely N-dealkylation sites (tertiary alicyclic amines) is 1. The van der Waals surface area contributed by atoms with Crippen LogP contribution in [0.25, 0.3) is 10.8 Å². The fourth-order valence-corrected chi connectivity index (χ4v) is 3.68. The van der Waals surface area contributed by atoms with Crippen LogP contribution < -0.4 is 10.1 Å². The van der Waals surface area contributed by atoms with Gasteiger partial charge in [-0.2, -0.15) is 0 Å². The van der Waals surface area contributed by atoms with Gasteiger partial charge in [0.2, 0.25) is 0 Å². The lowest BCUT2D eigenvalue weighted by Gasteiger charge is -2.32. The lowest BCUT2D eigenvalue weighted by Crippen LogP contribution is -2.40. The molecule has 3 rings (SSSR count). The molecule has 0 bridgehead atoms. The molecule has 0 spiro atoms. The molecule has 4 nitrogen and oxygen atoms in total. The van der Waals surface area contributed by atoms with Crippen molar-refractivity contribution in [2.24, 2.45) is 5.92 Å². The van der Waals surface area contributed by atoms with Gasteiger partial charge in [0.15, 0.2) is 0 Å². The van der Waals surface area contributed by atoms with Crippen molar-refractivity contribution in [2.75, 3.05) is 33.3 Å². The average Bonchev–Trinajstić information content (AvgIpc) is 2.62. The van der Waals surface area contributed by atoms with Crippen molar-refractivity contribution in [3.05, 3.63) is 42.0 Å². The minimum absolute atomic E-state index is 0.220. The lowest BCUT2D eigenvalue weighted by molar-refractivity contribution is 0.0998. The van der Waals surface area contributed by atoms with Crippen LogP contribution in [-0.2, 0) is 6.54 Å². The predicted molar refractivity (Wildman–Crippen MR) is 103 cm³/mol. The Morgan fingerprint density at radius 1 is 1.16 bits per heavy atom. The Balaban J connectivity index is 1.45. The van der Waals surface area contributed by atoms with Gasteiger partial charge >= 0.3 is 0 Å². The number of hydrogen-bond acceptors (Lipinski definition) is 4. The third-order valence-electron chi connectivity index (χ3n) is 5.10. The van der Waals surface area contributed by atoms with Gasteiger partial charge in [-0.05, 0) is 79.9 Å². The van der Waals surface area contributed by atoms with Gasteiger partial charge in [0.25, 0.3) is 0 Å². The molecular formula is C21H30N2O2. The zero-order valence-corrected chi connectivity index (χ0v) is 15.4. The van der Waals surface area contributed by atoms with E-state index in [1.54, 1.807) is 7.11 Å². The fraction of sp³-hybridized carbons (Fsp3) is 0.524. The van der Waals surface area contributed by atoms with E-state index in [2.05, 4.69) is 40.5 Å². The Morgan fingerprint density at radius 3 is 2.60 bits per heavy atom. The first kappa shape index (κ1) is 18.2. The number of hydrogen-bond donors (Lipinski definition) is 2. The molecule has 4 heteroatoms. The summed E-state index contributed by atoms with van der Waals surface area (Å²) in [4.78, 5) is 2.37. The van der Waals surface area contributed by atoms with Gasteiger partial charge < -0.3 is 20.1 Å². The second-order valence-corrected chi connectivity index (χ2v) is 7.27. The first-order chi connectivity index (χ1) is 12.1.